The SMILES string of the molecule is CC(=O)Nc1cc(S(=O)(=O)N2CCC[C@@H]3C[C@H]32)ccc1F. The van der Waals surface area contributed by atoms with Crippen molar-refractivity contribution in [3.8, 4) is 0 Å². The second kappa shape index (κ2) is 5.06. The molecule has 1 aromatic rings. The molecular formula is C14H17FN2O3S. The fourth-order valence-corrected chi connectivity index (χ4v) is 4.72. The van der Waals surface area contributed by atoms with Gasteiger partial charge in [-0.3, -0.25) is 4.79 Å². The number of amides is 1. The van der Waals surface area contributed by atoms with Gasteiger partial charge in [0.1, 0.15) is 5.82 Å². The molecule has 1 N–H and O–H groups in total. The van der Waals surface area contributed by atoms with E-state index in [1.165, 1.54) is 23.4 Å². The van der Waals surface area contributed by atoms with Crippen LogP contribution >= 0.6 is 0 Å². The maximum Gasteiger partial charge on any atom is 0.243 e. The Kier molecular flexibility index (Phi) is 3.49. The number of carbonyl (C=O) groups excluding carboxylic acids is 1. The topological polar surface area (TPSA) is 66.5 Å². The second-order valence-corrected chi connectivity index (χ2v) is 7.53. The summed E-state index contributed by atoms with van der Waals surface area (Å²) in [6.45, 7) is 1.76. The van der Waals surface area contributed by atoms with Crippen molar-refractivity contribution < 1.29 is 17.6 Å². The lowest BCUT2D eigenvalue weighted by molar-refractivity contribution is -0.114. The van der Waals surface area contributed by atoms with Crippen molar-refractivity contribution in [2.75, 3.05) is 11.9 Å². The third-order valence-electron chi connectivity index (χ3n) is 4.06. The van der Waals surface area contributed by atoms with Gasteiger partial charge in [-0.1, -0.05) is 0 Å². The van der Waals surface area contributed by atoms with Crippen molar-refractivity contribution in [3.05, 3.63) is 24.0 Å². The van der Waals surface area contributed by atoms with Gasteiger partial charge in [0.25, 0.3) is 0 Å². The molecule has 2 atom stereocenters. The number of nitrogens with zero attached hydrogens (tertiary/aromatic N) is 1. The highest BCUT2D eigenvalue weighted by molar-refractivity contribution is 7.89. The summed E-state index contributed by atoms with van der Waals surface area (Å²) in [5, 5.41) is 2.31. The molecule has 0 spiro atoms. The Labute approximate surface area is 123 Å². The van der Waals surface area contributed by atoms with Crippen molar-refractivity contribution in [1.29, 1.82) is 0 Å². The van der Waals surface area contributed by atoms with Gasteiger partial charge < -0.3 is 5.32 Å². The number of hydrogen-bond donors (Lipinski definition) is 1. The number of sulfonamides is 1. The summed E-state index contributed by atoms with van der Waals surface area (Å²) in [7, 11) is -3.63. The van der Waals surface area contributed by atoms with Crippen molar-refractivity contribution in [2.24, 2.45) is 5.92 Å². The normalized spacial score (nSPS) is 25.2. The van der Waals surface area contributed by atoms with Crippen molar-refractivity contribution in [2.45, 2.75) is 37.1 Å². The largest absolute Gasteiger partial charge is 0.324 e. The number of nitrogens with one attached hydrogen (secondary N) is 1. The molecule has 0 unspecified atom stereocenters. The fourth-order valence-electron chi connectivity index (χ4n) is 2.95. The predicted molar refractivity (Wildman–Crippen MR) is 75.7 cm³/mol. The molecule has 5 nitrogen and oxygen atoms in total. The highest BCUT2D eigenvalue weighted by atomic mass is 32.2. The molecule has 3 rings (SSSR count). The smallest absolute Gasteiger partial charge is 0.243 e. The van der Waals surface area contributed by atoms with E-state index in [9.17, 15) is 17.6 Å². The van der Waals surface area contributed by atoms with Gasteiger partial charge in [-0.15, -0.1) is 0 Å². The van der Waals surface area contributed by atoms with E-state index in [4.69, 9.17) is 0 Å². The van der Waals surface area contributed by atoms with E-state index in [1.807, 2.05) is 0 Å². The summed E-state index contributed by atoms with van der Waals surface area (Å²) >= 11 is 0. The second-order valence-electron chi connectivity index (χ2n) is 5.64. The van der Waals surface area contributed by atoms with Gasteiger partial charge in [0.2, 0.25) is 15.9 Å². The van der Waals surface area contributed by atoms with E-state index in [1.54, 1.807) is 0 Å². The van der Waals surface area contributed by atoms with Gasteiger partial charge in [0.05, 0.1) is 10.6 Å². The number of rotatable bonds is 3. The van der Waals surface area contributed by atoms with Gasteiger partial charge >= 0.3 is 0 Å². The van der Waals surface area contributed by atoms with Crippen molar-refractivity contribution in [1.82, 2.24) is 4.31 Å². The molecule has 1 aromatic carbocycles. The molecule has 1 aliphatic heterocycles. The first kappa shape index (κ1) is 14.5. The van der Waals surface area contributed by atoms with Gasteiger partial charge in [-0.2, -0.15) is 4.31 Å². The van der Waals surface area contributed by atoms with Crippen LogP contribution in [0, 0.1) is 11.7 Å². The first-order chi connectivity index (χ1) is 9.89. The van der Waals surface area contributed by atoms with Crippen LogP contribution in [0.5, 0.6) is 0 Å². The van der Waals surface area contributed by atoms with Crippen LogP contribution in [0.2, 0.25) is 0 Å². The van der Waals surface area contributed by atoms with Crippen molar-refractivity contribution in [3.63, 3.8) is 0 Å². The first-order valence-corrected chi connectivity index (χ1v) is 8.42. The summed E-state index contributed by atoms with van der Waals surface area (Å²) in [6.07, 6.45) is 2.86. The molecule has 7 heteroatoms. The average Bonchev–Trinajstić information content (AvgIpc) is 3.19. The van der Waals surface area contributed by atoms with Gasteiger partial charge in [0, 0.05) is 19.5 Å². The minimum atomic E-state index is -3.63. The lowest BCUT2D eigenvalue weighted by Crippen LogP contribution is -2.37. The first-order valence-electron chi connectivity index (χ1n) is 6.98. The zero-order valence-corrected chi connectivity index (χ0v) is 12.5. The molecular weight excluding hydrogens is 295 g/mol. The molecule has 21 heavy (non-hydrogen) atoms. The van der Waals surface area contributed by atoms with E-state index in [2.05, 4.69) is 5.32 Å². The van der Waals surface area contributed by atoms with E-state index in [-0.39, 0.29) is 16.6 Å². The lowest BCUT2D eigenvalue weighted by Gasteiger charge is -2.26. The highest BCUT2D eigenvalue weighted by Crippen LogP contribution is 2.45. The number of fused-ring (bicyclic) bond motifs is 1. The highest BCUT2D eigenvalue weighted by Gasteiger charge is 2.49. The fraction of sp³-hybridized carbons (Fsp3) is 0.500. The van der Waals surface area contributed by atoms with Crippen molar-refractivity contribution >= 4 is 21.6 Å². The Hall–Kier alpha value is -1.47. The Morgan fingerprint density at radius 1 is 1.43 bits per heavy atom. The minimum Gasteiger partial charge on any atom is -0.324 e. The van der Waals surface area contributed by atoms with E-state index in [0.29, 0.717) is 12.5 Å². The van der Waals surface area contributed by atoms with E-state index < -0.39 is 21.7 Å². The molecule has 1 heterocycles. The minimum absolute atomic E-state index is 0.0280. The van der Waals surface area contributed by atoms with Gasteiger partial charge in [-0.05, 0) is 43.4 Å². The summed E-state index contributed by atoms with van der Waals surface area (Å²) in [5.74, 6) is -0.612. The third-order valence-corrected chi connectivity index (χ3v) is 5.98. The summed E-state index contributed by atoms with van der Waals surface area (Å²) in [5.41, 5.74) is -0.104. The Morgan fingerprint density at radius 3 is 2.90 bits per heavy atom. The lowest BCUT2D eigenvalue weighted by atomic mass is 10.2. The van der Waals surface area contributed by atoms with E-state index in [0.717, 1.165) is 25.3 Å². The molecule has 0 radical (unpaired) electrons. The summed E-state index contributed by atoms with van der Waals surface area (Å²) < 4.78 is 40.5. The van der Waals surface area contributed by atoms with Crippen LogP contribution in [0.4, 0.5) is 10.1 Å². The monoisotopic (exact) mass is 312 g/mol. The third kappa shape index (κ3) is 2.67. The molecule has 1 aliphatic carbocycles. The zero-order valence-electron chi connectivity index (χ0n) is 11.7. The van der Waals surface area contributed by atoms with Crippen LogP contribution in [-0.4, -0.2) is 31.2 Å². The standard InChI is InChI=1S/C14H17FN2O3S/c1-9(18)16-13-8-11(4-5-12(13)15)21(19,20)17-6-2-3-10-7-14(10)17/h4-5,8,10,14H,2-3,6-7H2,1H3,(H,16,18)/t10-,14-/m1/s1. The number of anilines is 1. The Bertz CT molecular complexity index is 689. The van der Waals surface area contributed by atoms with Crippen LogP contribution in [0.15, 0.2) is 23.1 Å². The van der Waals surface area contributed by atoms with Crippen LogP contribution in [0.3, 0.4) is 0 Å². The molecule has 0 bridgehead atoms. The van der Waals surface area contributed by atoms with Gasteiger partial charge in [-0.25, -0.2) is 12.8 Å². The number of carbonyl (C=O) groups is 1. The summed E-state index contributed by atoms with van der Waals surface area (Å²) in [4.78, 5) is 11.1. The predicted octanol–water partition coefficient (Wildman–Crippen LogP) is 1.96. The van der Waals surface area contributed by atoms with Crippen LogP contribution in [0.1, 0.15) is 26.2 Å². The van der Waals surface area contributed by atoms with Gasteiger partial charge in [0.15, 0.2) is 0 Å². The number of piperidine rings is 1. The average molecular weight is 312 g/mol. The Balaban J connectivity index is 1.93. The molecule has 2 fully saturated rings. The Morgan fingerprint density at radius 2 is 2.19 bits per heavy atom. The number of hydrogen-bond acceptors (Lipinski definition) is 3. The number of halogens is 1. The molecule has 2 aliphatic rings. The molecule has 1 amide bonds. The van der Waals surface area contributed by atoms with Crippen LogP contribution < -0.4 is 5.32 Å². The molecule has 114 valence electrons. The number of benzene rings is 1. The maximum atomic E-state index is 13.6. The van der Waals surface area contributed by atoms with Crippen LogP contribution in [0.25, 0.3) is 0 Å². The van der Waals surface area contributed by atoms with Crippen LogP contribution in [-0.2, 0) is 14.8 Å². The molecule has 1 saturated heterocycles. The molecule has 1 saturated carbocycles. The van der Waals surface area contributed by atoms with E-state index >= 15 is 0 Å². The zero-order chi connectivity index (χ0) is 15.2. The molecule has 0 aromatic heterocycles. The maximum absolute atomic E-state index is 13.6. The summed E-state index contributed by atoms with van der Waals surface area (Å²) in [6, 6.07) is 3.62. The quantitative estimate of drug-likeness (QED) is 0.928.